The zero-order valence-electron chi connectivity index (χ0n) is 29.5. The fourth-order valence-corrected chi connectivity index (χ4v) is 8.19. The first-order valence-electron chi connectivity index (χ1n) is 18.1. The van der Waals surface area contributed by atoms with Gasteiger partial charge in [0.15, 0.2) is 23.0 Å². The zero-order chi connectivity index (χ0) is 35.5. The van der Waals surface area contributed by atoms with E-state index in [2.05, 4.69) is 172 Å². The van der Waals surface area contributed by atoms with Crippen LogP contribution in [0.25, 0.3) is 67.0 Å². The van der Waals surface area contributed by atoms with Crippen LogP contribution in [0.3, 0.4) is 0 Å². The Morgan fingerprint density at radius 2 is 0.943 bits per heavy atom. The molecule has 3 nitrogen and oxygen atoms in total. The van der Waals surface area contributed by atoms with Crippen LogP contribution >= 0.6 is 0 Å². The van der Waals surface area contributed by atoms with Gasteiger partial charge in [-0.05, 0) is 68.8 Å². The average molecular weight is 682 g/mol. The standard InChI is InChI=1S/C50H35NO2/c1-50(2)41-26-14-13-24-40(41)47-42(50)28-29-46-49(47)53-48-39(25-15-27-45(48)52-46)37-22-11-12-23-38(37)44-31-34(30-43(51-44)33-18-7-4-8-19-33)36-21-10-9-20-35(36)32-16-5-3-6-17-32/h3-31H,1-2H3. The van der Waals surface area contributed by atoms with E-state index in [0.717, 1.165) is 61.8 Å². The predicted octanol–water partition coefficient (Wildman–Crippen LogP) is 13.6. The first-order chi connectivity index (χ1) is 26.0. The SMILES string of the molecule is CC1(C)c2ccccc2-c2c1ccc1c2Oc2c(cccc2-c2ccccc2-c2cc(-c3ccccc3-c3ccccc3)cc(-c3ccccc3)n2)O1. The largest absolute Gasteiger partial charge is 0.449 e. The molecule has 0 fully saturated rings. The summed E-state index contributed by atoms with van der Waals surface area (Å²) < 4.78 is 13.7. The third-order valence-corrected chi connectivity index (χ3v) is 10.8. The molecule has 0 spiro atoms. The number of hydrogen-bond donors (Lipinski definition) is 0. The highest BCUT2D eigenvalue weighted by atomic mass is 16.6. The minimum Gasteiger partial charge on any atom is -0.449 e. The maximum atomic E-state index is 7.05. The lowest BCUT2D eigenvalue weighted by Crippen LogP contribution is -2.15. The van der Waals surface area contributed by atoms with Gasteiger partial charge in [0.1, 0.15) is 0 Å². The first kappa shape index (κ1) is 31.1. The third kappa shape index (κ3) is 5.08. The Kier molecular flexibility index (Phi) is 7.16. The van der Waals surface area contributed by atoms with Crippen LogP contribution < -0.4 is 9.47 Å². The van der Waals surface area contributed by atoms with Crippen molar-refractivity contribution in [2.24, 2.45) is 0 Å². The van der Waals surface area contributed by atoms with E-state index < -0.39 is 0 Å². The maximum absolute atomic E-state index is 7.05. The fraction of sp³-hybridized carbons (Fsp3) is 0.0600. The molecule has 2 heterocycles. The molecule has 0 amide bonds. The molecule has 1 aliphatic carbocycles. The molecular weight excluding hydrogens is 647 g/mol. The van der Waals surface area contributed by atoms with Gasteiger partial charge in [-0.1, -0.05) is 166 Å². The summed E-state index contributed by atoms with van der Waals surface area (Å²) >= 11 is 0. The molecule has 0 saturated heterocycles. The van der Waals surface area contributed by atoms with Crippen molar-refractivity contribution >= 4 is 0 Å². The lowest BCUT2D eigenvalue weighted by Gasteiger charge is -2.27. The molecule has 0 radical (unpaired) electrons. The summed E-state index contributed by atoms with van der Waals surface area (Å²) in [6.45, 7) is 4.57. The highest BCUT2D eigenvalue weighted by Crippen LogP contribution is 2.59. The van der Waals surface area contributed by atoms with Crippen LogP contribution in [0.5, 0.6) is 23.0 Å². The van der Waals surface area contributed by atoms with Gasteiger partial charge in [0.25, 0.3) is 0 Å². The van der Waals surface area contributed by atoms with E-state index in [0.29, 0.717) is 11.5 Å². The van der Waals surface area contributed by atoms with Crippen molar-refractivity contribution in [3.63, 3.8) is 0 Å². The van der Waals surface area contributed by atoms with Crippen molar-refractivity contribution in [2.45, 2.75) is 19.3 Å². The molecule has 0 N–H and O–H groups in total. The van der Waals surface area contributed by atoms with Crippen LogP contribution in [0.1, 0.15) is 25.0 Å². The van der Waals surface area contributed by atoms with Crippen molar-refractivity contribution in [1.29, 1.82) is 0 Å². The van der Waals surface area contributed by atoms with Crippen LogP contribution in [0.15, 0.2) is 176 Å². The Balaban J connectivity index is 1.15. The molecule has 0 atom stereocenters. The highest BCUT2D eigenvalue weighted by Gasteiger charge is 2.40. The summed E-state index contributed by atoms with van der Waals surface area (Å²) in [7, 11) is 0. The lowest BCUT2D eigenvalue weighted by molar-refractivity contribution is 0.361. The molecule has 3 heteroatoms. The second-order valence-corrected chi connectivity index (χ2v) is 14.3. The third-order valence-electron chi connectivity index (χ3n) is 10.8. The van der Waals surface area contributed by atoms with E-state index in [-0.39, 0.29) is 5.41 Å². The maximum Gasteiger partial charge on any atom is 0.178 e. The number of ether oxygens (including phenoxy) is 2. The minimum absolute atomic E-state index is 0.150. The van der Waals surface area contributed by atoms with Crippen molar-refractivity contribution in [2.75, 3.05) is 0 Å². The summed E-state index contributed by atoms with van der Waals surface area (Å²) in [6, 6.07) is 61.6. The van der Waals surface area contributed by atoms with Gasteiger partial charge < -0.3 is 9.47 Å². The quantitative estimate of drug-likeness (QED) is 0.181. The second kappa shape index (κ2) is 12.2. The fourth-order valence-electron chi connectivity index (χ4n) is 8.19. The molecule has 1 aliphatic heterocycles. The number of pyridine rings is 1. The Morgan fingerprint density at radius 1 is 0.377 bits per heavy atom. The van der Waals surface area contributed by atoms with Crippen molar-refractivity contribution in [3.05, 3.63) is 187 Å². The van der Waals surface area contributed by atoms with E-state index in [1.165, 1.54) is 27.8 Å². The number of aromatic nitrogens is 1. The molecule has 8 aromatic rings. The van der Waals surface area contributed by atoms with Crippen LogP contribution in [0, 0.1) is 0 Å². The zero-order valence-corrected chi connectivity index (χ0v) is 29.5. The molecule has 0 saturated carbocycles. The van der Waals surface area contributed by atoms with Gasteiger partial charge >= 0.3 is 0 Å². The van der Waals surface area contributed by atoms with E-state index >= 15 is 0 Å². The molecule has 53 heavy (non-hydrogen) atoms. The Bertz CT molecular complexity index is 2690. The first-order valence-corrected chi connectivity index (χ1v) is 18.1. The Morgan fingerprint density at radius 3 is 1.70 bits per heavy atom. The summed E-state index contributed by atoms with van der Waals surface area (Å²) in [4.78, 5) is 5.35. The van der Waals surface area contributed by atoms with Gasteiger partial charge in [-0.15, -0.1) is 0 Å². The number of rotatable bonds is 5. The molecule has 0 unspecified atom stereocenters. The molecule has 252 valence electrons. The van der Waals surface area contributed by atoms with Gasteiger partial charge in [-0.2, -0.15) is 0 Å². The summed E-state index contributed by atoms with van der Waals surface area (Å²) in [6.07, 6.45) is 0. The number of nitrogens with zero attached hydrogens (tertiary/aromatic N) is 1. The Hall–Kier alpha value is -6.71. The molecule has 1 aromatic heterocycles. The topological polar surface area (TPSA) is 31.4 Å². The van der Waals surface area contributed by atoms with E-state index in [9.17, 15) is 0 Å². The second-order valence-electron chi connectivity index (χ2n) is 14.3. The normalized spacial score (nSPS) is 13.2. The lowest BCUT2D eigenvalue weighted by atomic mass is 9.82. The average Bonchev–Trinajstić information content (AvgIpc) is 3.46. The summed E-state index contributed by atoms with van der Waals surface area (Å²) in [5, 5.41) is 0. The highest BCUT2D eigenvalue weighted by molar-refractivity contribution is 5.93. The van der Waals surface area contributed by atoms with E-state index in [1.54, 1.807) is 0 Å². The smallest absolute Gasteiger partial charge is 0.178 e. The molecule has 10 rings (SSSR count). The van der Waals surface area contributed by atoms with E-state index in [4.69, 9.17) is 14.5 Å². The van der Waals surface area contributed by atoms with Gasteiger partial charge in [0, 0.05) is 27.7 Å². The number of fused-ring (bicyclic) bond motifs is 6. The molecular formula is C50H35NO2. The van der Waals surface area contributed by atoms with Crippen LogP contribution in [-0.2, 0) is 5.41 Å². The molecule has 2 aliphatic rings. The number of para-hydroxylation sites is 1. The van der Waals surface area contributed by atoms with E-state index in [1.807, 2.05) is 18.2 Å². The van der Waals surface area contributed by atoms with Gasteiger partial charge in [-0.3, -0.25) is 0 Å². The Labute approximate surface area is 309 Å². The van der Waals surface area contributed by atoms with Crippen molar-refractivity contribution in [3.8, 4) is 90.0 Å². The van der Waals surface area contributed by atoms with Gasteiger partial charge in [0.05, 0.1) is 11.4 Å². The number of benzene rings is 7. The summed E-state index contributed by atoms with van der Waals surface area (Å²) in [5.74, 6) is 2.89. The van der Waals surface area contributed by atoms with Crippen molar-refractivity contribution in [1.82, 2.24) is 4.98 Å². The van der Waals surface area contributed by atoms with Crippen LogP contribution in [0.4, 0.5) is 0 Å². The van der Waals surface area contributed by atoms with Gasteiger partial charge in [-0.25, -0.2) is 4.98 Å². The predicted molar refractivity (Wildman–Crippen MR) is 216 cm³/mol. The summed E-state index contributed by atoms with van der Waals surface area (Å²) in [5.41, 5.74) is 15.1. The molecule has 7 aromatic carbocycles. The van der Waals surface area contributed by atoms with Gasteiger partial charge in [0.2, 0.25) is 0 Å². The van der Waals surface area contributed by atoms with Crippen LogP contribution in [-0.4, -0.2) is 4.98 Å². The van der Waals surface area contributed by atoms with Crippen LogP contribution in [0.2, 0.25) is 0 Å². The number of hydrogen-bond acceptors (Lipinski definition) is 3. The van der Waals surface area contributed by atoms with Crippen molar-refractivity contribution < 1.29 is 9.47 Å². The monoisotopic (exact) mass is 681 g/mol. The molecule has 0 bridgehead atoms. The minimum atomic E-state index is -0.150.